The van der Waals surface area contributed by atoms with Crippen molar-refractivity contribution in [3.8, 4) is 0 Å². The predicted octanol–water partition coefficient (Wildman–Crippen LogP) is 0.803. The van der Waals surface area contributed by atoms with E-state index in [1.54, 1.807) is 12.4 Å². The lowest BCUT2D eigenvalue weighted by Crippen LogP contribution is -2.25. The van der Waals surface area contributed by atoms with Crippen LogP contribution in [-0.2, 0) is 21.2 Å². The first-order valence-corrected chi connectivity index (χ1v) is 8.77. The molecule has 0 spiro atoms. The minimum absolute atomic E-state index is 0.156. The molecule has 0 aliphatic rings. The molecule has 0 atom stereocenters. The van der Waals surface area contributed by atoms with Crippen LogP contribution in [0, 0.1) is 0 Å². The summed E-state index contributed by atoms with van der Waals surface area (Å²) in [6, 6.07) is 3.77. The largest absolute Gasteiger partial charge is 0.301 e. The molecule has 0 saturated heterocycles. The van der Waals surface area contributed by atoms with Gasteiger partial charge in [-0.1, -0.05) is 17.4 Å². The van der Waals surface area contributed by atoms with Crippen molar-refractivity contribution in [1.82, 2.24) is 19.9 Å². The molecular weight excluding hydrogens is 326 g/mol. The molecule has 1 amide bonds. The second-order valence-electron chi connectivity index (χ2n) is 4.42. The van der Waals surface area contributed by atoms with Gasteiger partial charge in [-0.25, -0.2) is 13.1 Å². The van der Waals surface area contributed by atoms with Gasteiger partial charge in [-0.3, -0.25) is 9.78 Å². The Bertz CT molecular complexity index is 730. The number of hydrogen-bond donors (Lipinski definition) is 2. The van der Waals surface area contributed by atoms with Gasteiger partial charge in [0.2, 0.25) is 15.4 Å². The summed E-state index contributed by atoms with van der Waals surface area (Å²) in [7, 11) is -3.70. The van der Waals surface area contributed by atoms with Crippen molar-refractivity contribution in [2.45, 2.75) is 24.1 Å². The summed E-state index contributed by atoms with van der Waals surface area (Å²) in [6.07, 6.45) is 4.80. The highest BCUT2D eigenvalue weighted by atomic mass is 32.2. The fourth-order valence-electron chi connectivity index (χ4n) is 1.63. The predicted molar refractivity (Wildman–Crippen MR) is 82.0 cm³/mol. The molecule has 2 heterocycles. The van der Waals surface area contributed by atoms with Crippen LogP contribution in [0.5, 0.6) is 0 Å². The maximum absolute atomic E-state index is 12.0. The molecule has 22 heavy (non-hydrogen) atoms. The zero-order chi connectivity index (χ0) is 16.0. The van der Waals surface area contributed by atoms with Crippen molar-refractivity contribution < 1.29 is 13.2 Å². The van der Waals surface area contributed by atoms with Gasteiger partial charge in [0, 0.05) is 25.9 Å². The zero-order valence-electron chi connectivity index (χ0n) is 11.8. The highest BCUT2D eigenvalue weighted by molar-refractivity contribution is 7.91. The molecule has 2 N–H and O–H groups in total. The Hall–Kier alpha value is -1.91. The molecule has 2 aromatic heterocycles. The summed E-state index contributed by atoms with van der Waals surface area (Å²) >= 11 is 0.808. The quantitative estimate of drug-likeness (QED) is 0.569. The molecule has 2 rings (SSSR count). The molecule has 0 bridgehead atoms. The molecule has 2 aromatic rings. The van der Waals surface area contributed by atoms with Gasteiger partial charge in [-0.2, -0.15) is 0 Å². The third-order valence-electron chi connectivity index (χ3n) is 2.58. The van der Waals surface area contributed by atoms with Crippen molar-refractivity contribution >= 4 is 32.4 Å². The number of hydrogen-bond acceptors (Lipinski definition) is 7. The van der Waals surface area contributed by atoms with Crippen LogP contribution in [0.2, 0.25) is 0 Å². The van der Waals surface area contributed by atoms with Crippen molar-refractivity contribution in [2.24, 2.45) is 0 Å². The number of anilines is 1. The first-order valence-electron chi connectivity index (χ1n) is 6.47. The number of amides is 1. The van der Waals surface area contributed by atoms with Crippen molar-refractivity contribution in [3.05, 3.63) is 30.1 Å². The van der Waals surface area contributed by atoms with Gasteiger partial charge in [0.15, 0.2) is 0 Å². The van der Waals surface area contributed by atoms with E-state index in [2.05, 4.69) is 25.2 Å². The Labute approximate surface area is 132 Å². The van der Waals surface area contributed by atoms with Crippen LogP contribution >= 0.6 is 11.3 Å². The number of carbonyl (C=O) groups is 1. The van der Waals surface area contributed by atoms with Crippen LogP contribution in [-0.4, -0.2) is 36.1 Å². The molecule has 118 valence electrons. The van der Waals surface area contributed by atoms with Gasteiger partial charge in [0.25, 0.3) is 10.0 Å². The lowest BCUT2D eigenvalue weighted by molar-refractivity contribution is -0.114. The number of sulfonamides is 1. The van der Waals surface area contributed by atoms with E-state index in [1.165, 1.54) is 6.92 Å². The number of carbonyl (C=O) groups excluding carboxylic acids is 1. The fourth-order valence-corrected chi connectivity index (χ4v) is 3.69. The molecule has 8 nitrogen and oxygen atoms in total. The second-order valence-corrected chi connectivity index (χ2v) is 7.34. The third-order valence-corrected chi connectivity index (χ3v) is 5.24. The number of rotatable bonds is 7. The van der Waals surface area contributed by atoms with Crippen LogP contribution in [0.1, 0.15) is 18.9 Å². The number of aryl methyl sites for hydroxylation is 1. The molecule has 0 aromatic carbocycles. The number of aromatic nitrogens is 3. The van der Waals surface area contributed by atoms with Crippen molar-refractivity contribution in [1.29, 1.82) is 0 Å². The molecule has 0 aliphatic carbocycles. The van der Waals surface area contributed by atoms with Gasteiger partial charge in [-0.05, 0) is 24.5 Å². The summed E-state index contributed by atoms with van der Waals surface area (Å²) in [5.74, 6) is -0.329. The van der Waals surface area contributed by atoms with Gasteiger partial charge >= 0.3 is 0 Å². The monoisotopic (exact) mass is 341 g/mol. The lowest BCUT2D eigenvalue weighted by Gasteiger charge is -2.03. The van der Waals surface area contributed by atoms with Gasteiger partial charge in [-0.15, -0.1) is 10.2 Å². The highest BCUT2D eigenvalue weighted by Crippen LogP contribution is 2.19. The molecule has 0 unspecified atom stereocenters. The third kappa shape index (κ3) is 4.83. The van der Waals surface area contributed by atoms with E-state index in [0.29, 0.717) is 6.42 Å². The Balaban J connectivity index is 1.85. The van der Waals surface area contributed by atoms with E-state index in [-0.39, 0.29) is 21.9 Å². The van der Waals surface area contributed by atoms with Gasteiger partial charge < -0.3 is 5.32 Å². The first-order chi connectivity index (χ1) is 10.5. The molecular formula is C12H15N5O3S2. The van der Waals surface area contributed by atoms with Crippen molar-refractivity contribution in [3.63, 3.8) is 0 Å². The maximum Gasteiger partial charge on any atom is 0.269 e. The standard InChI is InChI=1S/C12H15N5O3S2/c1-9(18)15-11-16-17-12(21-11)22(19,20)14-7-3-5-10-4-2-6-13-8-10/h2,4,6,8,14H,3,5,7H2,1H3,(H,15,16,18). The number of nitrogens with zero attached hydrogens (tertiary/aromatic N) is 3. The van der Waals surface area contributed by atoms with E-state index in [0.717, 1.165) is 23.3 Å². The van der Waals surface area contributed by atoms with Crippen LogP contribution in [0.25, 0.3) is 0 Å². The highest BCUT2D eigenvalue weighted by Gasteiger charge is 2.19. The summed E-state index contributed by atoms with van der Waals surface area (Å²) in [6.45, 7) is 1.60. The van der Waals surface area contributed by atoms with Gasteiger partial charge in [0.1, 0.15) is 0 Å². The van der Waals surface area contributed by atoms with Crippen LogP contribution < -0.4 is 10.0 Å². The van der Waals surface area contributed by atoms with E-state index < -0.39 is 10.0 Å². The smallest absolute Gasteiger partial charge is 0.269 e. The Morgan fingerprint density at radius 1 is 1.36 bits per heavy atom. The maximum atomic E-state index is 12.0. The molecule has 10 heteroatoms. The second kappa shape index (κ2) is 7.38. The Morgan fingerprint density at radius 3 is 2.86 bits per heavy atom. The van der Waals surface area contributed by atoms with Crippen LogP contribution in [0.4, 0.5) is 5.13 Å². The van der Waals surface area contributed by atoms with Crippen molar-refractivity contribution in [2.75, 3.05) is 11.9 Å². The Morgan fingerprint density at radius 2 is 2.18 bits per heavy atom. The number of nitrogens with one attached hydrogen (secondary N) is 2. The zero-order valence-corrected chi connectivity index (χ0v) is 13.4. The summed E-state index contributed by atoms with van der Waals surface area (Å²) < 4.78 is 26.3. The molecule has 0 radical (unpaired) electrons. The topological polar surface area (TPSA) is 114 Å². The lowest BCUT2D eigenvalue weighted by atomic mass is 10.2. The van der Waals surface area contributed by atoms with E-state index >= 15 is 0 Å². The normalized spacial score (nSPS) is 11.3. The minimum atomic E-state index is -3.70. The Kier molecular flexibility index (Phi) is 5.52. The molecule has 0 fully saturated rings. The average molecular weight is 341 g/mol. The fraction of sp³-hybridized carbons (Fsp3) is 0.333. The van der Waals surface area contributed by atoms with E-state index in [9.17, 15) is 13.2 Å². The van der Waals surface area contributed by atoms with E-state index in [1.807, 2.05) is 12.1 Å². The first kappa shape index (κ1) is 16.5. The van der Waals surface area contributed by atoms with E-state index in [4.69, 9.17) is 0 Å². The molecule has 0 aliphatic heterocycles. The van der Waals surface area contributed by atoms with Crippen LogP contribution in [0.3, 0.4) is 0 Å². The summed E-state index contributed by atoms with van der Waals surface area (Å²) in [5.41, 5.74) is 1.05. The van der Waals surface area contributed by atoms with Gasteiger partial charge in [0.05, 0.1) is 0 Å². The average Bonchev–Trinajstić information content (AvgIpc) is 2.93. The number of pyridine rings is 1. The van der Waals surface area contributed by atoms with Crippen LogP contribution in [0.15, 0.2) is 28.9 Å². The summed E-state index contributed by atoms with van der Waals surface area (Å²) in [5, 5.41) is 9.73. The molecule has 0 saturated carbocycles. The SMILES string of the molecule is CC(=O)Nc1nnc(S(=O)(=O)NCCCc2cccnc2)s1. The minimum Gasteiger partial charge on any atom is -0.301 e. The summed E-state index contributed by atoms with van der Waals surface area (Å²) in [4.78, 5) is 14.9.